The Hall–Kier alpha value is -0.260. The fraction of sp³-hybridized carbons (Fsp3) is 0.867. The van der Waals surface area contributed by atoms with Crippen molar-refractivity contribution in [2.45, 2.75) is 46.5 Å². The largest absolute Gasteiger partial charge is 0.0995 e. The zero-order valence-electron chi connectivity index (χ0n) is 10.4. The Morgan fingerprint density at radius 1 is 1.33 bits per heavy atom. The standard InChI is InChI=1S/C15H24/c1-9(2)11-7-8-15(4)12-6-5-10(3)14(15)13(11)12/h9,11-14H,3,5-8H2,1-2,4H3/t11-,12+,13+,14-,15-/m1/s1. The molecule has 4 bridgehead atoms. The van der Waals surface area contributed by atoms with E-state index in [2.05, 4.69) is 27.4 Å². The monoisotopic (exact) mass is 204 g/mol. The summed E-state index contributed by atoms with van der Waals surface area (Å²) < 4.78 is 0. The summed E-state index contributed by atoms with van der Waals surface area (Å²) in [6.45, 7) is 11.7. The summed E-state index contributed by atoms with van der Waals surface area (Å²) in [5.41, 5.74) is 2.26. The van der Waals surface area contributed by atoms with Gasteiger partial charge in [-0.05, 0) is 60.7 Å². The molecule has 0 amide bonds. The van der Waals surface area contributed by atoms with Gasteiger partial charge in [0, 0.05) is 0 Å². The average Bonchev–Trinajstić information content (AvgIpc) is 2.17. The molecule has 0 aromatic carbocycles. The molecular weight excluding hydrogens is 180 g/mol. The van der Waals surface area contributed by atoms with Gasteiger partial charge in [-0.3, -0.25) is 0 Å². The van der Waals surface area contributed by atoms with Crippen LogP contribution in [0.15, 0.2) is 12.2 Å². The van der Waals surface area contributed by atoms with Gasteiger partial charge in [0.25, 0.3) is 0 Å². The Balaban J connectivity index is 1.93. The minimum Gasteiger partial charge on any atom is -0.0995 e. The van der Waals surface area contributed by atoms with Crippen molar-refractivity contribution in [3.63, 3.8) is 0 Å². The first-order valence-corrected chi connectivity index (χ1v) is 6.73. The van der Waals surface area contributed by atoms with E-state index >= 15 is 0 Å². The van der Waals surface area contributed by atoms with Gasteiger partial charge in [-0.15, -0.1) is 0 Å². The van der Waals surface area contributed by atoms with Gasteiger partial charge in [0.2, 0.25) is 0 Å². The summed E-state index contributed by atoms with van der Waals surface area (Å²) in [6, 6.07) is 0. The van der Waals surface area contributed by atoms with E-state index in [-0.39, 0.29) is 0 Å². The van der Waals surface area contributed by atoms with Crippen LogP contribution < -0.4 is 0 Å². The summed E-state index contributed by atoms with van der Waals surface area (Å²) in [4.78, 5) is 0. The lowest BCUT2D eigenvalue weighted by molar-refractivity contribution is -0.194. The molecule has 15 heavy (non-hydrogen) atoms. The molecule has 0 aliphatic heterocycles. The molecule has 4 aliphatic rings. The fourth-order valence-corrected chi connectivity index (χ4v) is 5.32. The molecule has 0 spiro atoms. The summed E-state index contributed by atoms with van der Waals surface area (Å²) in [5, 5.41) is 0. The Morgan fingerprint density at radius 2 is 2.07 bits per heavy atom. The van der Waals surface area contributed by atoms with Gasteiger partial charge in [-0.25, -0.2) is 0 Å². The smallest absolute Gasteiger partial charge is 0.0115 e. The quantitative estimate of drug-likeness (QED) is 0.559. The zero-order valence-corrected chi connectivity index (χ0v) is 10.4. The third-order valence-corrected chi connectivity index (χ3v) is 5.99. The third-order valence-electron chi connectivity index (χ3n) is 5.99. The molecule has 0 heteroatoms. The maximum atomic E-state index is 4.35. The van der Waals surface area contributed by atoms with Gasteiger partial charge in [0.15, 0.2) is 0 Å². The molecule has 0 saturated heterocycles. The van der Waals surface area contributed by atoms with Gasteiger partial charge < -0.3 is 0 Å². The van der Waals surface area contributed by atoms with Crippen LogP contribution in [0.25, 0.3) is 0 Å². The van der Waals surface area contributed by atoms with Crippen molar-refractivity contribution in [1.29, 1.82) is 0 Å². The lowest BCUT2D eigenvalue weighted by Crippen LogP contribution is -2.64. The summed E-state index contributed by atoms with van der Waals surface area (Å²) in [6.07, 6.45) is 5.73. The van der Waals surface area contributed by atoms with Crippen LogP contribution in [-0.2, 0) is 0 Å². The molecular formula is C15H24. The normalized spacial score (nSPS) is 52.9. The van der Waals surface area contributed by atoms with Crippen LogP contribution in [0.2, 0.25) is 0 Å². The third kappa shape index (κ3) is 1.04. The average molecular weight is 204 g/mol. The molecule has 0 unspecified atom stereocenters. The second-order valence-corrected chi connectivity index (χ2v) is 6.81. The van der Waals surface area contributed by atoms with Crippen molar-refractivity contribution < 1.29 is 0 Å². The highest BCUT2D eigenvalue weighted by atomic mass is 14.7. The number of hydrogen-bond acceptors (Lipinski definition) is 0. The molecule has 4 aliphatic carbocycles. The number of rotatable bonds is 1. The summed E-state index contributed by atoms with van der Waals surface area (Å²) in [7, 11) is 0. The van der Waals surface area contributed by atoms with Gasteiger partial charge in [-0.2, -0.15) is 0 Å². The second kappa shape index (κ2) is 2.90. The first-order valence-electron chi connectivity index (χ1n) is 6.73. The van der Waals surface area contributed by atoms with E-state index in [1.165, 1.54) is 25.7 Å². The Morgan fingerprint density at radius 3 is 2.67 bits per heavy atom. The van der Waals surface area contributed by atoms with Crippen LogP contribution in [0.4, 0.5) is 0 Å². The van der Waals surface area contributed by atoms with Crippen molar-refractivity contribution in [3.05, 3.63) is 12.2 Å². The fourth-order valence-electron chi connectivity index (χ4n) is 5.32. The van der Waals surface area contributed by atoms with Crippen molar-refractivity contribution in [2.24, 2.45) is 35.0 Å². The van der Waals surface area contributed by atoms with E-state index in [1.807, 2.05) is 0 Å². The SMILES string of the molecule is C=C1CC[C@H]2[C@@H]3[C@@H](C(C)C)CC[C@@]2(C)[C@H]13. The highest BCUT2D eigenvalue weighted by molar-refractivity contribution is 5.26. The van der Waals surface area contributed by atoms with Gasteiger partial charge in [0.1, 0.15) is 0 Å². The van der Waals surface area contributed by atoms with E-state index in [9.17, 15) is 0 Å². The van der Waals surface area contributed by atoms with E-state index in [0.717, 1.165) is 29.6 Å². The summed E-state index contributed by atoms with van der Waals surface area (Å²) in [5.74, 6) is 4.85. The maximum Gasteiger partial charge on any atom is -0.0115 e. The molecule has 0 nitrogen and oxygen atoms in total. The number of fused-ring (bicyclic) bond motifs is 2. The van der Waals surface area contributed by atoms with Gasteiger partial charge in [-0.1, -0.05) is 32.9 Å². The van der Waals surface area contributed by atoms with Crippen LogP contribution in [0.1, 0.15) is 46.5 Å². The van der Waals surface area contributed by atoms with E-state index in [4.69, 9.17) is 0 Å². The van der Waals surface area contributed by atoms with Crippen LogP contribution in [0.5, 0.6) is 0 Å². The molecule has 0 N–H and O–H groups in total. The lowest BCUT2D eigenvalue weighted by Gasteiger charge is -2.71. The molecule has 4 rings (SSSR count). The molecule has 4 saturated carbocycles. The topological polar surface area (TPSA) is 0 Å². The van der Waals surface area contributed by atoms with Crippen LogP contribution in [-0.4, -0.2) is 0 Å². The van der Waals surface area contributed by atoms with Crippen molar-refractivity contribution in [1.82, 2.24) is 0 Å². The second-order valence-electron chi connectivity index (χ2n) is 6.81. The molecule has 0 aromatic rings. The van der Waals surface area contributed by atoms with Gasteiger partial charge in [0.05, 0.1) is 0 Å². The van der Waals surface area contributed by atoms with Crippen molar-refractivity contribution >= 4 is 0 Å². The van der Waals surface area contributed by atoms with Crippen LogP contribution >= 0.6 is 0 Å². The van der Waals surface area contributed by atoms with Crippen molar-refractivity contribution in [3.8, 4) is 0 Å². The van der Waals surface area contributed by atoms with Crippen molar-refractivity contribution in [2.75, 3.05) is 0 Å². The Bertz CT molecular complexity index is 299. The van der Waals surface area contributed by atoms with Crippen LogP contribution in [0, 0.1) is 35.0 Å². The zero-order chi connectivity index (χ0) is 10.8. The minimum atomic E-state index is 0.672. The molecule has 4 fully saturated rings. The Labute approximate surface area is 94.1 Å². The highest BCUT2D eigenvalue weighted by Crippen LogP contribution is 2.72. The van der Waals surface area contributed by atoms with Crippen LogP contribution in [0.3, 0.4) is 0 Å². The number of hydrogen-bond donors (Lipinski definition) is 0. The highest BCUT2D eigenvalue weighted by Gasteiger charge is 2.65. The van der Waals surface area contributed by atoms with E-state index < -0.39 is 0 Å². The predicted octanol–water partition coefficient (Wildman–Crippen LogP) is 4.27. The first-order chi connectivity index (χ1) is 7.05. The summed E-state index contributed by atoms with van der Waals surface area (Å²) >= 11 is 0. The van der Waals surface area contributed by atoms with E-state index in [1.54, 1.807) is 5.57 Å². The van der Waals surface area contributed by atoms with E-state index in [0.29, 0.717) is 5.41 Å². The Kier molecular flexibility index (Phi) is 1.92. The molecule has 0 heterocycles. The predicted molar refractivity (Wildman–Crippen MR) is 64.5 cm³/mol. The molecule has 5 atom stereocenters. The minimum absolute atomic E-state index is 0.672. The lowest BCUT2D eigenvalue weighted by atomic mass is 9.33. The first kappa shape index (κ1) is 9.93. The maximum absolute atomic E-state index is 4.35. The molecule has 0 radical (unpaired) electrons. The van der Waals surface area contributed by atoms with Gasteiger partial charge >= 0.3 is 0 Å². The molecule has 0 aromatic heterocycles. The molecule has 84 valence electrons. The number of allylic oxidation sites excluding steroid dienone is 1.